The third-order valence-corrected chi connectivity index (χ3v) is 2.76. The van der Waals surface area contributed by atoms with Crippen LogP contribution in [0.3, 0.4) is 0 Å². The monoisotopic (exact) mass is 261 g/mol. The van der Waals surface area contributed by atoms with Crippen molar-refractivity contribution in [2.45, 2.75) is 39.0 Å². The molecule has 5 nitrogen and oxygen atoms in total. The van der Waals surface area contributed by atoms with Crippen LogP contribution < -0.4 is 0 Å². The van der Waals surface area contributed by atoms with Gasteiger partial charge in [0.15, 0.2) is 0 Å². The molecule has 0 unspecified atom stereocenters. The summed E-state index contributed by atoms with van der Waals surface area (Å²) in [5.41, 5.74) is 0. The standard InChI is InChI=1S/C13H27NO4/c1-2-3-4-5-7-14(8-6-13(16)17)9-11-18-12-10-15/h15H,2-12H2,1H3,(H,16,17). The molecule has 0 fully saturated rings. The van der Waals surface area contributed by atoms with Crippen LogP contribution in [0.25, 0.3) is 0 Å². The van der Waals surface area contributed by atoms with E-state index in [0.717, 1.165) is 19.5 Å². The lowest BCUT2D eigenvalue weighted by atomic mass is 10.2. The van der Waals surface area contributed by atoms with Crippen molar-refractivity contribution in [3.63, 3.8) is 0 Å². The molecule has 18 heavy (non-hydrogen) atoms. The van der Waals surface area contributed by atoms with Gasteiger partial charge in [-0.3, -0.25) is 4.79 Å². The molecule has 0 saturated carbocycles. The zero-order chi connectivity index (χ0) is 13.6. The van der Waals surface area contributed by atoms with Crippen LogP contribution in [0.5, 0.6) is 0 Å². The second kappa shape index (κ2) is 12.8. The zero-order valence-electron chi connectivity index (χ0n) is 11.4. The van der Waals surface area contributed by atoms with E-state index in [1.165, 1.54) is 19.3 Å². The van der Waals surface area contributed by atoms with Crippen LogP contribution in [-0.2, 0) is 9.53 Å². The van der Waals surface area contributed by atoms with Gasteiger partial charge in [0.2, 0.25) is 0 Å². The van der Waals surface area contributed by atoms with E-state index in [2.05, 4.69) is 11.8 Å². The van der Waals surface area contributed by atoms with Crippen LogP contribution in [0, 0.1) is 0 Å². The van der Waals surface area contributed by atoms with E-state index >= 15 is 0 Å². The summed E-state index contributed by atoms with van der Waals surface area (Å²) in [4.78, 5) is 12.7. The Labute approximate surface area is 110 Å². The molecule has 0 atom stereocenters. The zero-order valence-corrected chi connectivity index (χ0v) is 11.4. The van der Waals surface area contributed by atoms with Crippen molar-refractivity contribution in [1.29, 1.82) is 0 Å². The first kappa shape index (κ1) is 17.4. The molecule has 0 radical (unpaired) electrons. The number of unbranched alkanes of at least 4 members (excludes halogenated alkanes) is 3. The van der Waals surface area contributed by atoms with Crippen molar-refractivity contribution in [2.75, 3.05) is 39.5 Å². The van der Waals surface area contributed by atoms with Gasteiger partial charge in [-0.15, -0.1) is 0 Å². The normalized spacial score (nSPS) is 11.1. The lowest BCUT2D eigenvalue weighted by molar-refractivity contribution is -0.137. The third-order valence-electron chi connectivity index (χ3n) is 2.76. The molecule has 0 spiro atoms. The molecule has 0 saturated heterocycles. The number of carbonyl (C=O) groups is 1. The highest BCUT2D eigenvalue weighted by Gasteiger charge is 2.07. The molecule has 0 aliphatic heterocycles. The van der Waals surface area contributed by atoms with Crippen molar-refractivity contribution < 1.29 is 19.7 Å². The third kappa shape index (κ3) is 11.8. The highest BCUT2D eigenvalue weighted by molar-refractivity contribution is 5.66. The van der Waals surface area contributed by atoms with E-state index in [1.807, 2.05) is 0 Å². The molecule has 5 heteroatoms. The number of nitrogens with zero attached hydrogens (tertiary/aromatic N) is 1. The van der Waals surface area contributed by atoms with Gasteiger partial charge in [-0.25, -0.2) is 0 Å². The topological polar surface area (TPSA) is 70.0 Å². The molecular formula is C13H27NO4. The summed E-state index contributed by atoms with van der Waals surface area (Å²) in [5.74, 6) is -0.759. The molecule has 2 N–H and O–H groups in total. The van der Waals surface area contributed by atoms with E-state index in [-0.39, 0.29) is 13.0 Å². The van der Waals surface area contributed by atoms with Crippen LogP contribution >= 0.6 is 0 Å². The minimum atomic E-state index is -0.759. The fourth-order valence-electron chi connectivity index (χ4n) is 1.71. The molecule has 0 aromatic heterocycles. The summed E-state index contributed by atoms with van der Waals surface area (Å²) in [7, 11) is 0. The number of aliphatic carboxylic acids is 1. The van der Waals surface area contributed by atoms with Crippen molar-refractivity contribution in [1.82, 2.24) is 4.90 Å². The Hall–Kier alpha value is -0.650. The lowest BCUT2D eigenvalue weighted by Crippen LogP contribution is -2.31. The van der Waals surface area contributed by atoms with Crippen LogP contribution in [0.4, 0.5) is 0 Å². The first-order valence-corrected chi connectivity index (χ1v) is 6.83. The predicted octanol–water partition coefficient (Wildman–Crippen LogP) is 1.35. The SMILES string of the molecule is CCCCCCN(CCOCCO)CCC(=O)O. The quantitative estimate of drug-likeness (QED) is 0.490. The van der Waals surface area contributed by atoms with E-state index in [9.17, 15) is 4.79 Å². The number of hydrogen-bond donors (Lipinski definition) is 2. The Balaban J connectivity index is 3.73. The lowest BCUT2D eigenvalue weighted by Gasteiger charge is -2.21. The van der Waals surface area contributed by atoms with Gasteiger partial charge in [0, 0.05) is 13.1 Å². The number of carboxylic acids is 1. The van der Waals surface area contributed by atoms with Gasteiger partial charge in [0.05, 0.1) is 26.2 Å². The average Bonchev–Trinajstić information content (AvgIpc) is 2.35. The first-order valence-electron chi connectivity index (χ1n) is 6.83. The summed E-state index contributed by atoms with van der Waals surface area (Å²) in [6.45, 7) is 5.34. The molecular weight excluding hydrogens is 234 g/mol. The van der Waals surface area contributed by atoms with Crippen molar-refractivity contribution >= 4 is 5.97 Å². The summed E-state index contributed by atoms with van der Waals surface area (Å²) < 4.78 is 5.21. The molecule has 0 bridgehead atoms. The van der Waals surface area contributed by atoms with E-state index in [1.54, 1.807) is 0 Å². The van der Waals surface area contributed by atoms with Gasteiger partial charge in [-0.05, 0) is 13.0 Å². The van der Waals surface area contributed by atoms with Gasteiger partial charge in [0.25, 0.3) is 0 Å². The number of aliphatic hydroxyl groups excluding tert-OH is 1. The summed E-state index contributed by atoms with van der Waals surface area (Å²) >= 11 is 0. The number of aliphatic hydroxyl groups is 1. The number of rotatable bonds is 13. The minimum Gasteiger partial charge on any atom is -0.481 e. The van der Waals surface area contributed by atoms with Gasteiger partial charge in [-0.2, -0.15) is 0 Å². The fraction of sp³-hybridized carbons (Fsp3) is 0.923. The van der Waals surface area contributed by atoms with E-state index in [0.29, 0.717) is 19.8 Å². The number of ether oxygens (including phenoxy) is 1. The molecule has 0 aromatic rings. The minimum absolute atomic E-state index is 0.0334. The van der Waals surface area contributed by atoms with Gasteiger partial charge in [-0.1, -0.05) is 26.2 Å². The Kier molecular flexibility index (Phi) is 12.3. The van der Waals surface area contributed by atoms with Crippen molar-refractivity contribution in [3.05, 3.63) is 0 Å². The molecule has 0 aliphatic rings. The van der Waals surface area contributed by atoms with Gasteiger partial charge >= 0.3 is 5.97 Å². The van der Waals surface area contributed by atoms with E-state index < -0.39 is 5.97 Å². The molecule has 108 valence electrons. The number of carboxylic acid groups (broad SMARTS) is 1. The predicted molar refractivity (Wildman–Crippen MR) is 70.7 cm³/mol. The Morgan fingerprint density at radius 3 is 2.50 bits per heavy atom. The fourth-order valence-corrected chi connectivity index (χ4v) is 1.71. The maximum atomic E-state index is 10.6. The molecule has 0 aromatic carbocycles. The highest BCUT2D eigenvalue weighted by Crippen LogP contribution is 2.02. The molecule has 0 amide bonds. The van der Waals surface area contributed by atoms with Crippen LogP contribution in [0.1, 0.15) is 39.0 Å². The summed E-state index contributed by atoms with van der Waals surface area (Å²) in [6.07, 6.45) is 4.90. The molecule has 0 rings (SSSR count). The van der Waals surface area contributed by atoms with Crippen LogP contribution in [-0.4, -0.2) is 60.5 Å². The Morgan fingerprint density at radius 2 is 1.89 bits per heavy atom. The molecule has 0 heterocycles. The van der Waals surface area contributed by atoms with Crippen LogP contribution in [0.15, 0.2) is 0 Å². The van der Waals surface area contributed by atoms with Gasteiger partial charge in [0.1, 0.15) is 0 Å². The highest BCUT2D eigenvalue weighted by atomic mass is 16.5. The largest absolute Gasteiger partial charge is 0.481 e. The maximum Gasteiger partial charge on any atom is 0.304 e. The summed E-state index contributed by atoms with van der Waals surface area (Å²) in [5, 5.41) is 17.3. The van der Waals surface area contributed by atoms with E-state index in [4.69, 9.17) is 14.9 Å². The Morgan fingerprint density at radius 1 is 1.11 bits per heavy atom. The Bertz CT molecular complexity index is 187. The number of hydrogen-bond acceptors (Lipinski definition) is 4. The average molecular weight is 261 g/mol. The first-order chi connectivity index (χ1) is 8.70. The molecule has 0 aliphatic carbocycles. The summed E-state index contributed by atoms with van der Waals surface area (Å²) in [6, 6.07) is 0. The second-order valence-electron chi connectivity index (χ2n) is 4.38. The van der Waals surface area contributed by atoms with Crippen molar-refractivity contribution in [3.8, 4) is 0 Å². The van der Waals surface area contributed by atoms with Gasteiger partial charge < -0.3 is 19.8 Å². The smallest absolute Gasteiger partial charge is 0.304 e. The maximum absolute atomic E-state index is 10.6. The van der Waals surface area contributed by atoms with Crippen LogP contribution in [0.2, 0.25) is 0 Å². The second-order valence-corrected chi connectivity index (χ2v) is 4.38. The van der Waals surface area contributed by atoms with Crippen molar-refractivity contribution in [2.24, 2.45) is 0 Å².